The average Bonchev–Trinajstić information content (AvgIpc) is 3.51. The zero-order chi connectivity index (χ0) is 31.8. The predicted molar refractivity (Wildman–Crippen MR) is 198 cm³/mol. The molecule has 47 heavy (non-hydrogen) atoms. The van der Waals surface area contributed by atoms with Gasteiger partial charge in [-0.05, 0) is 140 Å². The lowest BCUT2D eigenvalue weighted by Crippen LogP contribution is -1.96. The molecule has 8 aromatic carbocycles. The zero-order valence-electron chi connectivity index (χ0n) is 27.0. The average molecular weight is 604 g/mol. The minimum Gasteiger partial charge on any atom is -0.436 e. The second-order valence-corrected chi connectivity index (χ2v) is 12.9. The highest BCUT2D eigenvalue weighted by Gasteiger charge is 2.23. The molecule has 224 valence electrons. The van der Waals surface area contributed by atoms with E-state index in [1.54, 1.807) is 0 Å². The molecule has 0 aliphatic carbocycles. The predicted octanol–water partition coefficient (Wildman–Crippen LogP) is 12.6. The molecule has 0 unspecified atom stereocenters. The van der Waals surface area contributed by atoms with E-state index >= 15 is 0 Å². The van der Waals surface area contributed by atoms with Crippen LogP contribution in [0.4, 0.5) is 0 Å². The van der Waals surface area contributed by atoms with Crippen LogP contribution in [0.15, 0.2) is 132 Å². The lowest BCUT2D eigenvalue weighted by Gasteiger charge is -2.22. The van der Waals surface area contributed by atoms with Crippen LogP contribution in [0.25, 0.3) is 88.3 Å². The van der Waals surface area contributed by atoms with Gasteiger partial charge in [0.1, 0.15) is 5.52 Å². The smallest absolute Gasteiger partial charge is 0.227 e. The van der Waals surface area contributed by atoms with E-state index in [4.69, 9.17) is 9.40 Å². The van der Waals surface area contributed by atoms with E-state index in [-0.39, 0.29) is 0 Å². The van der Waals surface area contributed by atoms with Crippen LogP contribution in [-0.4, -0.2) is 4.98 Å². The summed E-state index contributed by atoms with van der Waals surface area (Å²) in [7, 11) is 0. The first kappa shape index (κ1) is 27.6. The quantitative estimate of drug-likeness (QED) is 0.187. The normalized spacial score (nSPS) is 11.8. The molecular weight excluding hydrogens is 571 g/mol. The number of oxazole rings is 1. The minimum atomic E-state index is 0.650. The summed E-state index contributed by atoms with van der Waals surface area (Å²) < 4.78 is 6.53. The Morgan fingerprint density at radius 3 is 1.30 bits per heavy atom. The first-order valence-corrected chi connectivity index (χ1v) is 16.3. The van der Waals surface area contributed by atoms with Gasteiger partial charge in [0.05, 0.1) is 0 Å². The van der Waals surface area contributed by atoms with Gasteiger partial charge in [0.15, 0.2) is 5.58 Å². The van der Waals surface area contributed by atoms with Crippen molar-refractivity contribution in [3.63, 3.8) is 0 Å². The van der Waals surface area contributed by atoms with E-state index in [9.17, 15) is 0 Å². The molecule has 0 saturated heterocycles. The first-order valence-electron chi connectivity index (χ1n) is 16.3. The summed E-state index contributed by atoms with van der Waals surface area (Å²) in [5, 5.41) is 7.43. The van der Waals surface area contributed by atoms with Gasteiger partial charge in [-0.15, -0.1) is 0 Å². The van der Waals surface area contributed by atoms with Crippen LogP contribution in [0.3, 0.4) is 0 Å². The SMILES string of the molecule is Cc1ccc2oc(-c3cc(-c4ccccc4C)c4ccc5c(-c6ccccc6C)cc(-c6ccccc6C)c6ccc3c4c65)nc2c1. The Bertz CT molecular complexity index is 2610. The molecule has 0 amide bonds. The van der Waals surface area contributed by atoms with E-state index in [1.165, 1.54) is 82.6 Å². The highest BCUT2D eigenvalue weighted by Crippen LogP contribution is 2.49. The Morgan fingerprint density at radius 1 is 0.404 bits per heavy atom. The maximum atomic E-state index is 6.53. The number of hydrogen-bond acceptors (Lipinski definition) is 2. The van der Waals surface area contributed by atoms with Crippen molar-refractivity contribution >= 4 is 43.4 Å². The molecule has 0 N–H and O–H groups in total. The van der Waals surface area contributed by atoms with Crippen molar-refractivity contribution in [1.82, 2.24) is 4.98 Å². The van der Waals surface area contributed by atoms with Gasteiger partial charge in [0.2, 0.25) is 5.89 Å². The second-order valence-electron chi connectivity index (χ2n) is 12.9. The molecule has 2 heteroatoms. The van der Waals surface area contributed by atoms with Crippen LogP contribution in [-0.2, 0) is 0 Å². The van der Waals surface area contributed by atoms with Crippen LogP contribution < -0.4 is 0 Å². The fraction of sp³-hybridized carbons (Fsp3) is 0.0889. The number of benzene rings is 8. The molecular formula is C45H33NO. The lowest BCUT2D eigenvalue weighted by molar-refractivity contribution is 0.620. The topological polar surface area (TPSA) is 26.0 Å². The Hall–Kier alpha value is -5.73. The highest BCUT2D eigenvalue weighted by molar-refractivity contribution is 6.32. The number of rotatable bonds is 4. The first-order chi connectivity index (χ1) is 23.0. The third-order valence-electron chi connectivity index (χ3n) is 9.98. The molecule has 0 aliphatic heterocycles. The number of aromatic nitrogens is 1. The van der Waals surface area contributed by atoms with E-state index in [1.807, 2.05) is 6.07 Å². The molecule has 0 atom stereocenters. The van der Waals surface area contributed by atoms with Gasteiger partial charge >= 0.3 is 0 Å². The van der Waals surface area contributed by atoms with Crippen molar-refractivity contribution in [3.8, 4) is 44.8 Å². The Labute approximate surface area is 274 Å². The summed E-state index contributed by atoms with van der Waals surface area (Å²) in [6.07, 6.45) is 0. The van der Waals surface area contributed by atoms with Crippen LogP contribution in [0.1, 0.15) is 22.3 Å². The summed E-state index contributed by atoms with van der Waals surface area (Å²) in [6.45, 7) is 8.72. The molecule has 0 aliphatic rings. The molecule has 0 spiro atoms. The molecule has 1 aromatic heterocycles. The van der Waals surface area contributed by atoms with Crippen molar-refractivity contribution in [2.75, 3.05) is 0 Å². The van der Waals surface area contributed by atoms with Crippen molar-refractivity contribution in [2.45, 2.75) is 27.7 Å². The lowest BCUT2D eigenvalue weighted by atomic mass is 9.81. The van der Waals surface area contributed by atoms with Gasteiger partial charge in [-0.2, -0.15) is 0 Å². The summed E-state index contributed by atoms with van der Waals surface area (Å²) in [6, 6.07) is 46.4. The van der Waals surface area contributed by atoms with Crippen LogP contribution in [0.2, 0.25) is 0 Å². The van der Waals surface area contributed by atoms with Crippen LogP contribution >= 0.6 is 0 Å². The van der Waals surface area contributed by atoms with Gasteiger partial charge < -0.3 is 4.42 Å². The molecule has 0 saturated carbocycles. The number of aryl methyl sites for hydroxylation is 4. The van der Waals surface area contributed by atoms with Crippen LogP contribution in [0, 0.1) is 27.7 Å². The third-order valence-corrected chi connectivity index (χ3v) is 9.98. The van der Waals surface area contributed by atoms with Crippen molar-refractivity contribution in [2.24, 2.45) is 0 Å². The van der Waals surface area contributed by atoms with Gasteiger partial charge in [0, 0.05) is 5.56 Å². The number of hydrogen-bond donors (Lipinski definition) is 0. The number of fused-ring (bicyclic) bond motifs is 1. The monoisotopic (exact) mass is 603 g/mol. The summed E-state index contributed by atoms with van der Waals surface area (Å²) in [5.74, 6) is 0.650. The Kier molecular flexibility index (Phi) is 6.10. The van der Waals surface area contributed by atoms with E-state index in [0.717, 1.165) is 22.0 Å². The Morgan fingerprint density at radius 2 is 0.830 bits per heavy atom. The van der Waals surface area contributed by atoms with Crippen molar-refractivity contribution in [1.29, 1.82) is 0 Å². The van der Waals surface area contributed by atoms with Gasteiger partial charge in [-0.1, -0.05) is 103 Å². The molecule has 0 radical (unpaired) electrons. The fourth-order valence-electron chi connectivity index (χ4n) is 7.62. The summed E-state index contributed by atoms with van der Waals surface area (Å²) in [4.78, 5) is 5.07. The van der Waals surface area contributed by atoms with Crippen molar-refractivity contribution in [3.05, 3.63) is 150 Å². The summed E-state index contributed by atoms with van der Waals surface area (Å²) >= 11 is 0. The van der Waals surface area contributed by atoms with Crippen LogP contribution in [0.5, 0.6) is 0 Å². The molecule has 2 nitrogen and oxygen atoms in total. The zero-order valence-corrected chi connectivity index (χ0v) is 27.0. The van der Waals surface area contributed by atoms with Crippen molar-refractivity contribution < 1.29 is 4.42 Å². The molecule has 0 fully saturated rings. The van der Waals surface area contributed by atoms with Gasteiger partial charge in [-0.25, -0.2) is 4.98 Å². The summed E-state index contributed by atoms with van der Waals surface area (Å²) in [5.41, 5.74) is 15.1. The van der Waals surface area contributed by atoms with E-state index in [2.05, 4.69) is 149 Å². The minimum absolute atomic E-state index is 0.650. The second kappa shape index (κ2) is 10.4. The van der Waals surface area contributed by atoms with Gasteiger partial charge in [-0.3, -0.25) is 0 Å². The maximum absolute atomic E-state index is 6.53. The third kappa shape index (κ3) is 4.22. The van der Waals surface area contributed by atoms with Gasteiger partial charge in [0.25, 0.3) is 0 Å². The highest BCUT2D eigenvalue weighted by atomic mass is 16.3. The van der Waals surface area contributed by atoms with E-state index in [0.29, 0.717) is 5.89 Å². The molecule has 9 aromatic rings. The molecule has 0 bridgehead atoms. The van der Waals surface area contributed by atoms with E-state index < -0.39 is 0 Å². The number of nitrogens with zero attached hydrogens (tertiary/aromatic N) is 1. The molecule has 9 rings (SSSR count). The molecule has 1 heterocycles. The largest absolute Gasteiger partial charge is 0.436 e. The maximum Gasteiger partial charge on any atom is 0.227 e. The standard InChI is InChI=1S/C45H33NO/c1-26-17-22-42-41(23-26)46-45(47-42)40-25-39(32-16-10-7-13-29(32)4)35-19-18-33-37(30-14-8-5-11-27(30)2)24-38(31-15-9-6-12-28(31)3)34-20-21-36(40)44(35)43(33)34/h5-25H,1-4H3. The fourth-order valence-corrected chi connectivity index (χ4v) is 7.62. The Balaban J connectivity index is 1.49.